The fourth-order valence-corrected chi connectivity index (χ4v) is 2.41. The summed E-state index contributed by atoms with van der Waals surface area (Å²) in [5.41, 5.74) is 1.61. The van der Waals surface area contributed by atoms with Gasteiger partial charge in [-0.2, -0.15) is 0 Å². The average Bonchev–Trinajstić information content (AvgIpc) is 2.71. The Balaban J connectivity index is 1.72. The predicted octanol–water partition coefficient (Wildman–Crippen LogP) is 4.14. The van der Waals surface area contributed by atoms with Gasteiger partial charge < -0.3 is 15.4 Å². The molecule has 0 aliphatic heterocycles. The second-order valence-electron chi connectivity index (χ2n) is 5.68. The van der Waals surface area contributed by atoms with E-state index in [1.54, 1.807) is 30.3 Å². The Bertz CT molecular complexity index is 1020. The van der Waals surface area contributed by atoms with Crippen LogP contribution in [0, 0.1) is 11.6 Å². The fraction of sp³-hybridized carbons (Fsp3) is 0.0500. The Kier molecular flexibility index (Phi) is 5.59. The molecule has 1 heterocycles. The third kappa shape index (κ3) is 4.29. The van der Waals surface area contributed by atoms with Gasteiger partial charge in [0.15, 0.2) is 11.6 Å². The zero-order valence-corrected chi connectivity index (χ0v) is 14.7. The number of nitrogens with zero attached hydrogens (tertiary/aromatic N) is 1. The number of nitrogens with one attached hydrogen (secondary N) is 2. The summed E-state index contributed by atoms with van der Waals surface area (Å²) in [6.45, 7) is 0. The largest absolute Gasteiger partial charge is 0.465 e. The van der Waals surface area contributed by atoms with Crippen LogP contribution in [0.5, 0.6) is 0 Å². The second-order valence-corrected chi connectivity index (χ2v) is 5.68. The van der Waals surface area contributed by atoms with Crippen LogP contribution in [0.1, 0.15) is 20.8 Å². The predicted molar refractivity (Wildman–Crippen MR) is 99.6 cm³/mol. The summed E-state index contributed by atoms with van der Waals surface area (Å²) in [6, 6.07) is 12.9. The van der Waals surface area contributed by atoms with E-state index in [-0.39, 0.29) is 11.4 Å². The number of aromatic nitrogens is 1. The smallest absolute Gasteiger partial charge is 0.339 e. The van der Waals surface area contributed by atoms with Crippen LogP contribution in [-0.2, 0) is 4.74 Å². The summed E-state index contributed by atoms with van der Waals surface area (Å²) in [5.74, 6) is -3.13. The van der Waals surface area contributed by atoms with Crippen LogP contribution in [0.4, 0.5) is 25.8 Å². The second kappa shape index (κ2) is 8.26. The fourth-order valence-electron chi connectivity index (χ4n) is 2.41. The van der Waals surface area contributed by atoms with Crippen molar-refractivity contribution < 1.29 is 23.1 Å². The SMILES string of the molecule is COC(=O)c1ccccc1Nc1ccc(C(=O)Nc2ccc(F)c(F)c2)nc1. The van der Waals surface area contributed by atoms with Gasteiger partial charge in [-0.15, -0.1) is 0 Å². The molecule has 2 N–H and O–H groups in total. The third-order valence-corrected chi connectivity index (χ3v) is 3.78. The van der Waals surface area contributed by atoms with Gasteiger partial charge in [0, 0.05) is 11.8 Å². The van der Waals surface area contributed by atoms with E-state index in [9.17, 15) is 18.4 Å². The summed E-state index contributed by atoms with van der Waals surface area (Å²) >= 11 is 0. The van der Waals surface area contributed by atoms with Crippen LogP contribution < -0.4 is 10.6 Å². The van der Waals surface area contributed by atoms with Crippen molar-refractivity contribution in [2.75, 3.05) is 17.7 Å². The van der Waals surface area contributed by atoms with Gasteiger partial charge in [-0.05, 0) is 36.4 Å². The molecule has 8 heteroatoms. The van der Waals surface area contributed by atoms with E-state index in [4.69, 9.17) is 4.74 Å². The zero-order valence-electron chi connectivity index (χ0n) is 14.7. The Morgan fingerprint density at radius 2 is 1.71 bits per heavy atom. The van der Waals surface area contributed by atoms with E-state index in [1.165, 1.54) is 25.4 Å². The molecule has 1 amide bonds. The molecule has 0 atom stereocenters. The lowest BCUT2D eigenvalue weighted by Gasteiger charge is -2.11. The number of hydrogen-bond acceptors (Lipinski definition) is 5. The number of methoxy groups -OCH3 is 1. The highest BCUT2D eigenvalue weighted by Crippen LogP contribution is 2.21. The van der Waals surface area contributed by atoms with Crippen molar-refractivity contribution in [2.45, 2.75) is 0 Å². The van der Waals surface area contributed by atoms with Gasteiger partial charge in [0.2, 0.25) is 0 Å². The lowest BCUT2D eigenvalue weighted by molar-refractivity contribution is 0.0601. The van der Waals surface area contributed by atoms with Gasteiger partial charge in [0.05, 0.1) is 30.2 Å². The average molecular weight is 383 g/mol. The first-order valence-electron chi connectivity index (χ1n) is 8.15. The number of pyridine rings is 1. The first-order chi connectivity index (χ1) is 13.5. The summed E-state index contributed by atoms with van der Waals surface area (Å²) in [5, 5.41) is 5.47. The van der Waals surface area contributed by atoms with Crippen LogP contribution in [-0.4, -0.2) is 24.0 Å². The first kappa shape index (κ1) is 19.0. The lowest BCUT2D eigenvalue weighted by atomic mass is 10.1. The summed E-state index contributed by atoms with van der Waals surface area (Å²) in [4.78, 5) is 28.0. The van der Waals surface area contributed by atoms with E-state index in [2.05, 4.69) is 15.6 Å². The topological polar surface area (TPSA) is 80.3 Å². The number of amides is 1. The maximum absolute atomic E-state index is 13.2. The molecule has 2 aromatic carbocycles. The number of ether oxygens (including phenoxy) is 1. The molecule has 0 radical (unpaired) electrons. The van der Waals surface area contributed by atoms with E-state index in [0.717, 1.165) is 12.1 Å². The van der Waals surface area contributed by atoms with Crippen LogP contribution in [0.2, 0.25) is 0 Å². The maximum Gasteiger partial charge on any atom is 0.339 e. The molecule has 0 unspecified atom stereocenters. The normalized spacial score (nSPS) is 10.2. The van der Waals surface area contributed by atoms with Crippen LogP contribution in [0.25, 0.3) is 0 Å². The highest BCUT2D eigenvalue weighted by molar-refractivity contribution is 6.03. The molecule has 3 aromatic rings. The van der Waals surface area contributed by atoms with E-state index >= 15 is 0 Å². The zero-order chi connectivity index (χ0) is 20.1. The molecule has 0 aliphatic rings. The number of benzene rings is 2. The number of carbonyl (C=O) groups excluding carboxylic acids is 2. The maximum atomic E-state index is 13.2. The number of anilines is 3. The molecule has 0 aliphatic carbocycles. The molecule has 0 saturated carbocycles. The number of halogens is 2. The van der Waals surface area contributed by atoms with Crippen LogP contribution in [0.3, 0.4) is 0 Å². The minimum absolute atomic E-state index is 0.0801. The van der Waals surface area contributed by atoms with Gasteiger partial charge in [-0.25, -0.2) is 18.6 Å². The standard InChI is InChI=1S/C20H15F2N3O3/c1-28-20(27)14-4-2-3-5-17(14)24-13-7-9-18(23-11-13)19(26)25-12-6-8-15(21)16(22)10-12/h2-11,24H,1H3,(H,25,26). The minimum Gasteiger partial charge on any atom is -0.465 e. The molecular weight excluding hydrogens is 368 g/mol. The molecule has 142 valence electrons. The highest BCUT2D eigenvalue weighted by Gasteiger charge is 2.13. The summed E-state index contributed by atoms with van der Waals surface area (Å²) in [6.07, 6.45) is 1.41. The van der Waals surface area contributed by atoms with Gasteiger partial charge in [-0.1, -0.05) is 12.1 Å². The number of carbonyl (C=O) groups is 2. The van der Waals surface area contributed by atoms with Crippen molar-refractivity contribution in [3.63, 3.8) is 0 Å². The molecule has 0 fully saturated rings. The molecule has 0 saturated heterocycles. The Morgan fingerprint density at radius 1 is 0.964 bits per heavy atom. The third-order valence-electron chi connectivity index (χ3n) is 3.78. The van der Waals surface area contributed by atoms with E-state index < -0.39 is 23.5 Å². The monoisotopic (exact) mass is 383 g/mol. The van der Waals surface area contributed by atoms with Crippen molar-refractivity contribution in [2.24, 2.45) is 0 Å². The van der Waals surface area contributed by atoms with Crippen molar-refractivity contribution in [1.82, 2.24) is 4.98 Å². The molecule has 28 heavy (non-hydrogen) atoms. The number of esters is 1. The quantitative estimate of drug-likeness (QED) is 0.647. The highest BCUT2D eigenvalue weighted by atomic mass is 19.2. The summed E-state index contributed by atoms with van der Waals surface area (Å²) in [7, 11) is 1.29. The van der Waals surface area contributed by atoms with Gasteiger partial charge in [-0.3, -0.25) is 4.79 Å². The number of rotatable bonds is 5. The number of hydrogen-bond donors (Lipinski definition) is 2. The van der Waals surface area contributed by atoms with Crippen molar-refractivity contribution in [3.05, 3.63) is 83.7 Å². The molecule has 0 spiro atoms. The summed E-state index contributed by atoms with van der Waals surface area (Å²) < 4.78 is 30.9. The van der Waals surface area contributed by atoms with Crippen LogP contribution in [0.15, 0.2) is 60.8 Å². The van der Waals surface area contributed by atoms with Gasteiger partial charge >= 0.3 is 5.97 Å². The number of para-hydroxylation sites is 1. The van der Waals surface area contributed by atoms with Crippen molar-refractivity contribution >= 4 is 28.9 Å². The van der Waals surface area contributed by atoms with E-state index in [1.807, 2.05) is 0 Å². The Hall–Kier alpha value is -3.81. The van der Waals surface area contributed by atoms with E-state index in [0.29, 0.717) is 16.9 Å². The molecular formula is C20H15F2N3O3. The van der Waals surface area contributed by atoms with Gasteiger partial charge in [0.25, 0.3) is 5.91 Å². The first-order valence-corrected chi connectivity index (χ1v) is 8.15. The molecule has 0 bridgehead atoms. The van der Waals surface area contributed by atoms with Crippen molar-refractivity contribution in [3.8, 4) is 0 Å². The Labute approximate surface area is 159 Å². The van der Waals surface area contributed by atoms with Gasteiger partial charge in [0.1, 0.15) is 5.69 Å². The molecule has 3 rings (SSSR count). The van der Waals surface area contributed by atoms with Crippen molar-refractivity contribution in [1.29, 1.82) is 0 Å². The lowest BCUT2D eigenvalue weighted by Crippen LogP contribution is -2.14. The minimum atomic E-state index is -1.06. The molecule has 6 nitrogen and oxygen atoms in total. The van der Waals surface area contributed by atoms with Crippen LogP contribution >= 0.6 is 0 Å². The molecule has 1 aromatic heterocycles. The Morgan fingerprint density at radius 3 is 2.39 bits per heavy atom.